The standard InChI is InChI=1S/C25H30F2N4O4S/c1-3-25(15-32,14-30-16-28-29-24(30)33)20-12-21(26)19(11-22(20)27)13-31-17(2)9-10-23(36(31,34)35)18-7-5-4-6-8-18/h4-8,11-12,16-17,23,32H,3,9-10,13-15H2,1-2H3,(H,29,33)/t17-,23+,25-/m0/s1. The van der Waals surface area contributed by atoms with E-state index in [9.17, 15) is 18.3 Å². The number of H-pyrrole nitrogens is 1. The van der Waals surface area contributed by atoms with Gasteiger partial charge in [0.1, 0.15) is 23.2 Å². The first kappa shape index (κ1) is 26.2. The summed E-state index contributed by atoms with van der Waals surface area (Å²) >= 11 is 0. The Bertz CT molecular complexity index is 1370. The lowest BCUT2D eigenvalue weighted by Crippen LogP contribution is -2.45. The molecule has 4 rings (SSSR count). The summed E-state index contributed by atoms with van der Waals surface area (Å²) in [6, 6.07) is 10.5. The molecule has 2 N–H and O–H groups in total. The molecule has 36 heavy (non-hydrogen) atoms. The summed E-state index contributed by atoms with van der Waals surface area (Å²) in [5.41, 5.74) is -1.32. The molecule has 1 aliphatic heterocycles. The second-order valence-corrected chi connectivity index (χ2v) is 11.5. The highest BCUT2D eigenvalue weighted by Gasteiger charge is 2.41. The molecule has 2 aromatic carbocycles. The summed E-state index contributed by atoms with van der Waals surface area (Å²) in [5, 5.41) is 15.3. The molecule has 0 radical (unpaired) electrons. The van der Waals surface area contributed by atoms with E-state index in [1.165, 1.54) is 15.2 Å². The zero-order valence-corrected chi connectivity index (χ0v) is 21.0. The monoisotopic (exact) mass is 520 g/mol. The summed E-state index contributed by atoms with van der Waals surface area (Å²) in [4.78, 5) is 11.9. The first-order valence-corrected chi connectivity index (χ1v) is 13.4. The number of nitrogens with zero attached hydrogens (tertiary/aromatic N) is 3. The predicted molar refractivity (Wildman–Crippen MR) is 131 cm³/mol. The topological polar surface area (TPSA) is 108 Å². The van der Waals surface area contributed by atoms with Gasteiger partial charge in [-0.05, 0) is 43.9 Å². The lowest BCUT2D eigenvalue weighted by Gasteiger charge is -2.38. The third kappa shape index (κ3) is 4.74. The molecule has 3 aromatic rings. The van der Waals surface area contributed by atoms with Crippen molar-refractivity contribution >= 4 is 10.0 Å². The van der Waals surface area contributed by atoms with Crippen molar-refractivity contribution in [1.82, 2.24) is 19.1 Å². The van der Waals surface area contributed by atoms with E-state index in [2.05, 4.69) is 10.2 Å². The van der Waals surface area contributed by atoms with Gasteiger partial charge in [0.15, 0.2) is 0 Å². The molecule has 1 aromatic heterocycles. The summed E-state index contributed by atoms with van der Waals surface area (Å²) in [7, 11) is -3.83. The Balaban J connectivity index is 1.68. The Morgan fingerprint density at radius 1 is 1.17 bits per heavy atom. The van der Waals surface area contributed by atoms with Crippen molar-refractivity contribution < 1.29 is 22.3 Å². The lowest BCUT2D eigenvalue weighted by atomic mass is 9.78. The molecule has 11 heteroatoms. The summed E-state index contributed by atoms with van der Waals surface area (Å²) in [6.07, 6.45) is 2.48. The molecule has 194 valence electrons. The maximum Gasteiger partial charge on any atom is 0.343 e. The van der Waals surface area contributed by atoms with Crippen molar-refractivity contribution in [2.24, 2.45) is 0 Å². The van der Waals surface area contributed by atoms with Gasteiger partial charge in [0.2, 0.25) is 10.0 Å². The number of hydrogen-bond donors (Lipinski definition) is 2. The highest BCUT2D eigenvalue weighted by molar-refractivity contribution is 7.89. The van der Waals surface area contributed by atoms with Gasteiger partial charge in [-0.1, -0.05) is 37.3 Å². The highest BCUT2D eigenvalue weighted by Crippen LogP contribution is 2.39. The van der Waals surface area contributed by atoms with Crippen molar-refractivity contribution in [1.29, 1.82) is 0 Å². The van der Waals surface area contributed by atoms with Gasteiger partial charge >= 0.3 is 5.69 Å². The Hall–Kier alpha value is -2.89. The minimum absolute atomic E-state index is 0.0847. The fraction of sp³-hybridized carbons (Fsp3) is 0.440. The van der Waals surface area contributed by atoms with Crippen LogP contribution in [0.3, 0.4) is 0 Å². The third-order valence-electron chi connectivity index (χ3n) is 7.30. The summed E-state index contributed by atoms with van der Waals surface area (Å²) in [6.45, 7) is 2.51. The maximum atomic E-state index is 15.5. The quantitative estimate of drug-likeness (QED) is 0.474. The SMILES string of the molecule is CC[C@@](CO)(Cn1cn[nH]c1=O)c1cc(F)c(CN2[C@@H](C)CC[C@H](c3ccccc3)S2(=O)=O)cc1F. The minimum Gasteiger partial charge on any atom is -0.395 e. The van der Waals surface area contributed by atoms with Gasteiger partial charge < -0.3 is 5.11 Å². The fourth-order valence-electron chi connectivity index (χ4n) is 4.98. The van der Waals surface area contributed by atoms with Gasteiger partial charge in [0, 0.05) is 35.7 Å². The fourth-order valence-corrected chi connectivity index (χ4v) is 7.17. The number of hydrogen-bond acceptors (Lipinski definition) is 5. The number of rotatable bonds is 8. The van der Waals surface area contributed by atoms with Gasteiger partial charge in [-0.25, -0.2) is 27.1 Å². The van der Waals surface area contributed by atoms with E-state index < -0.39 is 44.6 Å². The van der Waals surface area contributed by atoms with E-state index >= 15 is 8.78 Å². The Morgan fingerprint density at radius 2 is 1.89 bits per heavy atom. The lowest BCUT2D eigenvalue weighted by molar-refractivity contribution is 0.164. The zero-order chi connectivity index (χ0) is 26.1. The molecular formula is C25H30F2N4O4S. The zero-order valence-electron chi connectivity index (χ0n) is 20.2. The average molecular weight is 521 g/mol. The van der Waals surface area contributed by atoms with Crippen molar-refractivity contribution in [3.05, 3.63) is 87.6 Å². The van der Waals surface area contributed by atoms with E-state index in [0.717, 1.165) is 12.1 Å². The van der Waals surface area contributed by atoms with Gasteiger partial charge in [0.05, 0.1) is 6.61 Å². The third-order valence-corrected chi connectivity index (χ3v) is 9.67. The minimum atomic E-state index is -3.83. The average Bonchev–Trinajstić information content (AvgIpc) is 3.26. The van der Waals surface area contributed by atoms with E-state index in [-0.39, 0.29) is 36.7 Å². The Kier molecular flexibility index (Phi) is 7.44. The number of aliphatic hydroxyl groups is 1. The summed E-state index contributed by atoms with van der Waals surface area (Å²) in [5.74, 6) is -1.55. The van der Waals surface area contributed by atoms with Crippen molar-refractivity contribution in [3.8, 4) is 0 Å². The molecule has 0 bridgehead atoms. The first-order valence-electron chi connectivity index (χ1n) is 11.9. The van der Waals surface area contributed by atoms with Crippen molar-refractivity contribution in [2.45, 2.75) is 62.9 Å². The van der Waals surface area contributed by atoms with E-state index in [1.54, 1.807) is 38.1 Å². The largest absolute Gasteiger partial charge is 0.395 e. The number of aromatic amines is 1. The molecule has 1 aliphatic rings. The molecule has 0 unspecified atom stereocenters. The number of aromatic nitrogens is 3. The van der Waals surface area contributed by atoms with Crippen LogP contribution in [0, 0.1) is 11.6 Å². The molecule has 1 fully saturated rings. The maximum absolute atomic E-state index is 15.5. The van der Waals surface area contributed by atoms with Crippen LogP contribution in [0.4, 0.5) is 8.78 Å². The van der Waals surface area contributed by atoms with Crippen LogP contribution in [0.2, 0.25) is 0 Å². The van der Waals surface area contributed by atoms with Crippen molar-refractivity contribution in [2.75, 3.05) is 6.61 Å². The van der Waals surface area contributed by atoms with Crippen LogP contribution in [0.15, 0.2) is 53.6 Å². The molecule has 0 spiro atoms. The molecule has 3 atom stereocenters. The molecule has 2 heterocycles. The molecule has 8 nitrogen and oxygen atoms in total. The normalized spacial score (nSPS) is 21.8. The van der Waals surface area contributed by atoms with Crippen LogP contribution < -0.4 is 5.69 Å². The number of halogens is 2. The predicted octanol–water partition coefficient (Wildman–Crippen LogP) is 3.25. The number of nitrogens with one attached hydrogen (secondary N) is 1. The van der Waals surface area contributed by atoms with Gasteiger partial charge in [-0.3, -0.25) is 4.57 Å². The number of sulfonamides is 1. The summed E-state index contributed by atoms with van der Waals surface area (Å²) < 4.78 is 60.3. The number of aliphatic hydroxyl groups excluding tert-OH is 1. The van der Waals surface area contributed by atoms with Crippen LogP contribution >= 0.6 is 0 Å². The van der Waals surface area contributed by atoms with E-state index in [1.807, 2.05) is 6.07 Å². The molecule has 0 amide bonds. The molecule has 1 saturated heterocycles. The van der Waals surface area contributed by atoms with Crippen LogP contribution in [0.25, 0.3) is 0 Å². The Labute approximate surface area is 208 Å². The van der Waals surface area contributed by atoms with Crippen LogP contribution in [-0.4, -0.2) is 45.2 Å². The second kappa shape index (κ2) is 10.2. The molecule has 0 saturated carbocycles. The second-order valence-electron chi connectivity index (χ2n) is 9.42. The van der Waals surface area contributed by atoms with Gasteiger partial charge in [-0.2, -0.15) is 9.40 Å². The van der Waals surface area contributed by atoms with Crippen LogP contribution in [-0.2, 0) is 28.5 Å². The van der Waals surface area contributed by atoms with Crippen LogP contribution in [0.5, 0.6) is 0 Å². The van der Waals surface area contributed by atoms with E-state index in [0.29, 0.717) is 18.4 Å². The number of benzene rings is 2. The van der Waals surface area contributed by atoms with E-state index in [4.69, 9.17) is 0 Å². The van der Waals surface area contributed by atoms with Crippen molar-refractivity contribution in [3.63, 3.8) is 0 Å². The first-order chi connectivity index (χ1) is 17.1. The molecule has 0 aliphatic carbocycles. The highest BCUT2D eigenvalue weighted by atomic mass is 32.2. The Morgan fingerprint density at radius 3 is 2.50 bits per heavy atom. The van der Waals surface area contributed by atoms with Gasteiger partial charge in [-0.15, -0.1) is 0 Å². The van der Waals surface area contributed by atoms with Gasteiger partial charge in [0.25, 0.3) is 0 Å². The smallest absolute Gasteiger partial charge is 0.343 e. The van der Waals surface area contributed by atoms with Crippen LogP contribution in [0.1, 0.15) is 55.1 Å². The molecular weight excluding hydrogens is 490 g/mol.